The van der Waals surface area contributed by atoms with E-state index in [1.807, 2.05) is 36.4 Å². The maximum absolute atomic E-state index is 15.2. The summed E-state index contributed by atoms with van der Waals surface area (Å²) in [6, 6.07) is 22.0. The molecule has 5 heterocycles. The number of nitrogens with zero attached hydrogens (tertiary/aromatic N) is 8. The van der Waals surface area contributed by atoms with E-state index in [2.05, 4.69) is 42.8 Å². The van der Waals surface area contributed by atoms with Crippen LogP contribution in [0.4, 0.5) is 25.8 Å². The number of carbonyl (C=O) groups is 3. The van der Waals surface area contributed by atoms with Crippen molar-refractivity contribution in [2.45, 2.75) is 75.8 Å². The van der Waals surface area contributed by atoms with Crippen molar-refractivity contribution >= 4 is 55.9 Å². The van der Waals surface area contributed by atoms with E-state index in [0.717, 1.165) is 85.2 Å². The highest BCUT2D eigenvalue weighted by Gasteiger charge is 2.40. The number of aromatic nitrogens is 2. The maximum atomic E-state index is 15.2. The Bertz CT molecular complexity index is 3080. The van der Waals surface area contributed by atoms with Crippen molar-refractivity contribution in [3.63, 3.8) is 0 Å². The third-order valence-electron chi connectivity index (χ3n) is 14.3. The zero-order valence-electron chi connectivity index (χ0n) is 37.8. The van der Waals surface area contributed by atoms with Crippen LogP contribution in [-0.4, -0.2) is 120 Å². The third-order valence-corrected chi connectivity index (χ3v) is 15.8. The number of anilines is 3. The number of hydrogen-bond donors (Lipinski definition) is 2. The van der Waals surface area contributed by atoms with Crippen LogP contribution in [0.3, 0.4) is 0 Å². The average Bonchev–Trinajstić information content (AvgIpc) is 3.95. The molecular weight excluding hydrogens is 911 g/mol. The molecule has 1 aromatic heterocycles. The lowest BCUT2D eigenvalue weighted by Gasteiger charge is -2.44. The van der Waals surface area contributed by atoms with Gasteiger partial charge in [0.2, 0.25) is 11.8 Å². The highest BCUT2D eigenvalue weighted by molar-refractivity contribution is 7.90. The fourth-order valence-corrected chi connectivity index (χ4v) is 11.7. The SMILES string of the molecule is CN(c1ccc(-n2cnc3ccc(Oc4c(F)ccc(NS(=O)(=O)N5CC[C@@H](F)C5)c4C#N)cc3c2=O)cc1)[C@H]1CC[C@@H](N2CCN(c3ccc4c(c3)CN([C@H]3CCC(=O)NC3=O)C4=O)CC2)CC1. The molecule has 0 radical (unpaired) electrons. The van der Waals surface area contributed by atoms with Gasteiger partial charge in [0, 0.05) is 88.3 Å². The fraction of sp³-hybridized carbons (Fsp3) is 0.388. The van der Waals surface area contributed by atoms with Gasteiger partial charge < -0.3 is 19.4 Å². The fourth-order valence-electron chi connectivity index (χ4n) is 10.4. The second-order valence-corrected chi connectivity index (χ2v) is 20.0. The lowest BCUT2D eigenvalue weighted by atomic mass is 9.88. The van der Waals surface area contributed by atoms with Crippen molar-refractivity contribution in [3.05, 3.63) is 112 Å². The number of amides is 3. The molecule has 5 aliphatic rings. The first-order valence-corrected chi connectivity index (χ1v) is 24.6. The summed E-state index contributed by atoms with van der Waals surface area (Å²) in [6.45, 7) is 3.60. The second-order valence-electron chi connectivity index (χ2n) is 18.3. The minimum Gasteiger partial charge on any atom is -0.453 e. The second kappa shape index (κ2) is 18.5. The standard InChI is InChI=1S/C49H50F2N10O7S/c1-56(32-2-6-34(7-3-32)57-20-22-58(23-21-57)36-10-12-38-30(24-36)27-60(48(38)64)44-16-17-45(62)54-47(44)63)33-4-8-35(9-5-33)61-29-53-42-14-11-37(25-39(42)49(61)65)68-46-40(26-52)43(15-13-41(46)51)55-69(66,67)59-19-18-31(50)28-59/h4-5,8-15,24-25,29,31-32,34,44,55H,2-3,6-7,16-23,27-28H2,1H3,(H,54,62,63)/t31-,32-,34+,44+/m1/s1. The molecule has 3 saturated heterocycles. The van der Waals surface area contributed by atoms with Gasteiger partial charge in [0.25, 0.3) is 11.5 Å². The van der Waals surface area contributed by atoms with Gasteiger partial charge in [-0.1, -0.05) is 0 Å². The molecule has 4 fully saturated rings. The van der Waals surface area contributed by atoms with Gasteiger partial charge in [-0.15, -0.1) is 0 Å². The summed E-state index contributed by atoms with van der Waals surface area (Å²) in [6.07, 6.45) is 4.94. The van der Waals surface area contributed by atoms with Crippen LogP contribution in [0.15, 0.2) is 83.9 Å². The van der Waals surface area contributed by atoms with E-state index in [-0.39, 0.29) is 54.6 Å². The summed E-state index contributed by atoms with van der Waals surface area (Å²) < 4.78 is 65.2. The minimum absolute atomic E-state index is 0.0146. The number of piperidine rings is 1. The average molecular weight is 961 g/mol. The van der Waals surface area contributed by atoms with Crippen LogP contribution < -0.4 is 30.1 Å². The molecule has 0 spiro atoms. The number of hydrogen-bond acceptors (Lipinski definition) is 12. The Kier molecular flexibility index (Phi) is 12.3. The highest BCUT2D eigenvalue weighted by Crippen LogP contribution is 2.36. The molecule has 358 valence electrons. The largest absolute Gasteiger partial charge is 0.453 e. The molecule has 2 atom stereocenters. The number of fused-ring (bicyclic) bond motifs is 2. The molecule has 4 aromatic carbocycles. The molecule has 0 bridgehead atoms. The summed E-state index contributed by atoms with van der Waals surface area (Å²) in [4.78, 5) is 64.6. The minimum atomic E-state index is -4.24. The molecule has 20 heteroatoms. The molecular formula is C49H50F2N10O7S. The van der Waals surface area contributed by atoms with Gasteiger partial charge in [0.15, 0.2) is 11.6 Å². The predicted octanol–water partition coefficient (Wildman–Crippen LogP) is 5.22. The first-order valence-electron chi connectivity index (χ1n) is 23.2. The Morgan fingerprint density at radius 3 is 2.35 bits per heavy atom. The quantitative estimate of drug-likeness (QED) is 0.164. The molecule has 4 aliphatic heterocycles. The van der Waals surface area contributed by atoms with E-state index in [9.17, 15) is 37.2 Å². The van der Waals surface area contributed by atoms with Crippen molar-refractivity contribution in [3.8, 4) is 23.3 Å². The third kappa shape index (κ3) is 8.97. The molecule has 2 N–H and O–H groups in total. The number of rotatable bonds is 11. The number of carbonyl (C=O) groups excluding carboxylic acids is 3. The van der Waals surface area contributed by atoms with E-state index < -0.39 is 51.0 Å². The van der Waals surface area contributed by atoms with E-state index in [1.165, 1.54) is 29.1 Å². The highest BCUT2D eigenvalue weighted by atomic mass is 32.2. The smallest absolute Gasteiger partial charge is 0.301 e. The van der Waals surface area contributed by atoms with Crippen LogP contribution >= 0.6 is 0 Å². The number of piperazine rings is 1. The van der Waals surface area contributed by atoms with Crippen LogP contribution in [0.5, 0.6) is 11.5 Å². The van der Waals surface area contributed by atoms with Gasteiger partial charge in [-0.3, -0.25) is 38.7 Å². The number of imide groups is 1. The zero-order chi connectivity index (χ0) is 48.1. The van der Waals surface area contributed by atoms with Crippen molar-refractivity contribution < 1.29 is 36.3 Å². The predicted molar refractivity (Wildman–Crippen MR) is 253 cm³/mol. The van der Waals surface area contributed by atoms with E-state index in [4.69, 9.17) is 4.74 Å². The van der Waals surface area contributed by atoms with E-state index >= 15 is 4.39 Å². The molecule has 10 rings (SSSR count). The van der Waals surface area contributed by atoms with Gasteiger partial charge in [0.1, 0.15) is 35.9 Å². The van der Waals surface area contributed by atoms with Crippen LogP contribution in [0.2, 0.25) is 0 Å². The summed E-state index contributed by atoms with van der Waals surface area (Å²) in [5.41, 5.74) is 3.47. The van der Waals surface area contributed by atoms with Crippen LogP contribution in [0.1, 0.15) is 66.4 Å². The summed E-state index contributed by atoms with van der Waals surface area (Å²) in [5, 5.41) is 12.5. The van der Waals surface area contributed by atoms with Crippen molar-refractivity contribution in [2.24, 2.45) is 0 Å². The molecule has 69 heavy (non-hydrogen) atoms. The maximum Gasteiger partial charge on any atom is 0.301 e. The molecule has 0 unspecified atom stereocenters. The van der Waals surface area contributed by atoms with Crippen molar-refractivity contribution in [1.29, 1.82) is 5.26 Å². The first kappa shape index (κ1) is 45.8. The lowest BCUT2D eigenvalue weighted by Crippen LogP contribution is -2.52. The summed E-state index contributed by atoms with van der Waals surface area (Å²) in [7, 11) is -2.15. The van der Waals surface area contributed by atoms with Crippen molar-refractivity contribution in [2.75, 3.05) is 60.8 Å². The molecule has 3 amide bonds. The summed E-state index contributed by atoms with van der Waals surface area (Å²) >= 11 is 0. The molecule has 5 aromatic rings. The van der Waals surface area contributed by atoms with Gasteiger partial charge in [-0.05, 0) is 117 Å². The molecule has 1 saturated carbocycles. The van der Waals surface area contributed by atoms with Gasteiger partial charge in [0.05, 0.1) is 22.3 Å². The molecule has 17 nitrogen and oxygen atoms in total. The Balaban J connectivity index is 0.745. The van der Waals surface area contributed by atoms with Crippen molar-refractivity contribution in [1.82, 2.24) is 29.0 Å². The zero-order valence-corrected chi connectivity index (χ0v) is 38.6. The topological polar surface area (TPSA) is 194 Å². The molecule has 1 aliphatic carbocycles. The number of nitriles is 1. The van der Waals surface area contributed by atoms with Crippen LogP contribution in [0, 0.1) is 17.1 Å². The Morgan fingerprint density at radius 1 is 0.884 bits per heavy atom. The normalized spacial score (nSPS) is 22.4. The number of halogens is 2. The Labute approximate surface area is 397 Å². The number of alkyl halides is 1. The summed E-state index contributed by atoms with van der Waals surface area (Å²) in [5.74, 6) is -2.34. The Hall–Kier alpha value is -6.95. The van der Waals surface area contributed by atoms with E-state index in [1.54, 1.807) is 11.0 Å². The van der Waals surface area contributed by atoms with E-state index in [0.29, 0.717) is 41.8 Å². The lowest BCUT2D eigenvalue weighted by molar-refractivity contribution is -0.136. The van der Waals surface area contributed by atoms with Crippen LogP contribution in [-0.2, 0) is 26.3 Å². The number of nitrogens with one attached hydrogen (secondary N) is 2. The van der Waals surface area contributed by atoms with Crippen LogP contribution in [0.25, 0.3) is 16.6 Å². The number of ether oxygens (including phenoxy) is 1. The first-order chi connectivity index (χ1) is 33.2. The van der Waals surface area contributed by atoms with Gasteiger partial charge in [-0.2, -0.15) is 18.0 Å². The Morgan fingerprint density at radius 2 is 1.64 bits per heavy atom. The monoisotopic (exact) mass is 960 g/mol. The number of benzene rings is 4. The van der Waals surface area contributed by atoms with Gasteiger partial charge >= 0.3 is 10.2 Å². The van der Waals surface area contributed by atoms with Gasteiger partial charge in [-0.25, -0.2) is 13.8 Å².